The highest BCUT2D eigenvalue weighted by Gasteiger charge is 2.55. The Labute approximate surface area is 250 Å². The van der Waals surface area contributed by atoms with E-state index in [0.717, 1.165) is 41.7 Å². The Morgan fingerprint density at radius 1 is 1.16 bits per heavy atom. The van der Waals surface area contributed by atoms with E-state index in [1.165, 1.54) is 24.3 Å². The smallest absolute Gasteiger partial charge is 0.362 e. The lowest BCUT2D eigenvalue weighted by Gasteiger charge is -2.48. The third kappa shape index (κ3) is 4.87. The lowest BCUT2D eigenvalue weighted by atomic mass is 9.86. The van der Waals surface area contributed by atoms with E-state index >= 15 is 0 Å². The van der Waals surface area contributed by atoms with Crippen LogP contribution in [0.25, 0.3) is 10.1 Å². The van der Waals surface area contributed by atoms with Gasteiger partial charge in [-0.15, -0.1) is 11.3 Å². The third-order valence-electron chi connectivity index (χ3n) is 9.12. The Kier molecular flexibility index (Phi) is 6.94. The van der Waals surface area contributed by atoms with Crippen molar-refractivity contribution >= 4 is 46.7 Å². The molecule has 4 aliphatic heterocycles. The van der Waals surface area contributed by atoms with Crippen molar-refractivity contribution in [3.05, 3.63) is 64.3 Å². The summed E-state index contributed by atoms with van der Waals surface area (Å²) in [7, 11) is -4.97. The summed E-state index contributed by atoms with van der Waals surface area (Å²) in [5.74, 6) is -3.29. The predicted molar refractivity (Wildman–Crippen MR) is 154 cm³/mol. The van der Waals surface area contributed by atoms with E-state index in [2.05, 4.69) is 10.3 Å². The molecule has 43 heavy (non-hydrogen) atoms. The van der Waals surface area contributed by atoms with Crippen LogP contribution in [0, 0.1) is 0 Å². The van der Waals surface area contributed by atoms with E-state index in [1.54, 1.807) is 22.2 Å². The molecule has 3 amide bonds. The standard InChI is InChI=1S/C29H30FN4O7PS/c30-25(42(38,39)40)16-4-7-23-18(10-16)11-24(43-23)26(35)32-21-3-1-2-19-5-6-22(34(19)27(21)36)28(37)33-14-29(15-33)20-12-31-9-8-17(20)13-41-29/h4,7-12,19,21-22,25H,1-3,5-6,13-15H2,(H,32,35)(H2,38,39,40)/t19-,21-,22-,25?/m0/s1. The number of alkyl halides is 1. The fourth-order valence-corrected chi connectivity index (χ4v) is 8.43. The monoisotopic (exact) mass is 628 g/mol. The largest absolute Gasteiger partial charge is 0.363 e. The van der Waals surface area contributed by atoms with Crippen LogP contribution < -0.4 is 5.32 Å². The number of nitrogens with one attached hydrogen (secondary N) is 1. The van der Waals surface area contributed by atoms with Crippen LogP contribution in [-0.4, -0.2) is 73.5 Å². The molecule has 3 fully saturated rings. The molecule has 14 heteroatoms. The van der Waals surface area contributed by atoms with Gasteiger partial charge in [-0.3, -0.25) is 23.9 Å². The van der Waals surface area contributed by atoms with Gasteiger partial charge < -0.3 is 29.6 Å². The summed E-state index contributed by atoms with van der Waals surface area (Å²) in [5.41, 5.74) is 1.38. The van der Waals surface area contributed by atoms with Crippen LogP contribution in [-0.2, 0) is 31.1 Å². The number of pyridine rings is 1. The number of amides is 3. The molecule has 226 valence electrons. The van der Waals surface area contributed by atoms with Crippen molar-refractivity contribution in [2.75, 3.05) is 13.1 Å². The quantitative estimate of drug-likeness (QED) is 0.365. The maximum absolute atomic E-state index is 14.2. The minimum atomic E-state index is -4.97. The number of thiophene rings is 1. The Morgan fingerprint density at radius 3 is 2.77 bits per heavy atom. The maximum atomic E-state index is 14.2. The number of rotatable bonds is 5. The maximum Gasteiger partial charge on any atom is 0.363 e. The van der Waals surface area contributed by atoms with E-state index < -0.39 is 37.1 Å². The van der Waals surface area contributed by atoms with Gasteiger partial charge >= 0.3 is 7.60 Å². The third-order valence-corrected chi connectivity index (χ3v) is 11.1. The number of halogens is 1. The molecular formula is C29H30FN4O7PS. The van der Waals surface area contributed by atoms with Crippen molar-refractivity contribution in [2.24, 2.45) is 0 Å². The zero-order valence-electron chi connectivity index (χ0n) is 23.0. The molecule has 0 aliphatic carbocycles. The van der Waals surface area contributed by atoms with Crippen LogP contribution in [0.3, 0.4) is 0 Å². The molecule has 3 N–H and O–H groups in total. The summed E-state index contributed by atoms with van der Waals surface area (Å²) in [6.45, 7) is 1.32. The van der Waals surface area contributed by atoms with E-state index in [1.807, 2.05) is 6.07 Å². The number of nitrogens with zero attached hydrogens (tertiary/aromatic N) is 3. The molecule has 1 spiro atoms. The molecule has 4 aliphatic rings. The lowest BCUT2D eigenvalue weighted by molar-refractivity contribution is -0.174. The van der Waals surface area contributed by atoms with Crippen LogP contribution in [0.4, 0.5) is 4.39 Å². The average Bonchev–Trinajstić information content (AvgIpc) is 3.67. The highest BCUT2D eigenvalue weighted by atomic mass is 32.1. The first-order chi connectivity index (χ1) is 20.5. The number of carbonyl (C=O) groups is 3. The van der Waals surface area contributed by atoms with E-state index in [0.29, 0.717) is 47.5 Å². The van der Waals surface area contributed by atoms with Crippen LogP contribution in [0.1, 0.15) is 64.4 Å². The fraction of sp³-hybridized carbons (Fsp3) is 0.448. The van der Waals surface area contributed by atoms with Gasteiger partial charge in [-0.05, 0) is 72.9 Å². The topological polar surface area (TPSA) is 149 Å². The zero-order chi connectivity index (χ0) is 30.1. The normalized spacial score (nSPS) is 25.3. The first-order valence-electron chi connectivity index (χ1n) is 14.3. The first-order valence-corrected chi connectivity index (χ1v) is 16.8. The van der Waals surface area contributed by atoms with Gasteiger partial charge in [0.1, 0.15) is 17.7 Å². The highest BCUT2D eigenvalue weighted by molar-refractivity contribution is 7.51. The number of ether oxygens (including phenoxy) is 1. The molecule has 2 aromatic heterocycles. The molecule has 1 unspecified atom stereocenters. The second-order valence-electron chi connectivity index (χ2n) is 11.8. The number of carbonyl (C=O) groups excluding carboxylic acids is 3. The van der Waals surface area contributed by atoms with Gasteiger partial charge in [-0.25, -0.2) is 4.39 Å². The van der Waals surface area contributed by atoms with Crippen molar-refractivity contribution in [3.8, 4) is 0 Å². The highest BCUT2D eigenvalue weighted by Crippen LogP contribution is 2.53. The molecule has 7 rings (SSSR count). The van der Waals surface area contributed by atoms with Crippen LogP contribution in [0.15, 0.2) is 42.7 Å². The zero-order valence-corrected chi connectivity index (χ0v) is 24.7. The molecule has 0 radical (unpaired) electrons. The Bertz CT molecular complexity index is 1690. The molecule has 4 atom stereocenters. The second-order valence-corrected chi connectivity index (χ2v) is 14.5. The van der Waals surface area contributed by atoms with Crippen molar-refractivity contribution in [3.63, 3.8) is 0 Å². The summed E-state index contributed by atoms with van der Waals surface area (Å²) < 4.78 is 32.3. The van der Waals surface area contributed by atoms with E-state index in [4.69, 9.17) is 4.74 Å². The molecular weight excluding hydrogens is 598 g/mol. The number of hydrogen-bond acceptors (Lipinski definition) is 7. The minimum Gasteiger partial charge on any atom is -0.362 e. The number of aromatic nitrogens is 1. The summed E-state index contributed by atoms with van der Waals surface area (Å²) in [6, 6.07) is 6.14. The second kappa shape index (κ2) is 10.4. The Morgan fingerprint density at radius 2 is 1.98 bits per heavy atom. The summed E-state index contributed by atoms with van der Waals surface area (Å²) in [6.07, 6.45) is 6.76. The Balaban J connectivity index is 1.04. The van der Waals surface area contributed by atoms with Gasteiger partial charge in [0.15, 0.2) is 0 Å². The first kappa shape index (κ1) is 28.5. The van der Waals surface area contributed by atoms with E-state index in [9.17, 15) is 33.1 Å². The number of fused-ring (bicyclic) bond motifs is 4. The molecule has 3 aromatic rings. The SMILES string of the molecule is O=C(N[C@H]1CCC[C@H]2CC[C@@H](C(=O)N3CC4(C3)OCc3ccncc34)N2C1=O)c1cc2cc(C(F)P(=O)(O)O)ccc2s1. The van der Waals surface area contributed by atoms with Gasteiger partial charge in [0.2, 0.25) is 17.7 Å². The van der Waals surface area contributed by atoms with Crippen LogP contribution >= 0.6 is 18.9 Å². The van der Waals surface area contributed by atoms with Gasteiger partial charge in [0.25, 0.3) is 5.91 Å². The van der Waals surface area contributed by atoms with Crippen molar-refractivity contribution < 1.29 is 37.9 Å². The number of hydrogen-bond donors (Lipinski definition) is 3. The fourth-order valence-electron chi connectivity index (χ4n) is 6.93. The molecule has 0 saturated carbocycles. The molecule has 6 heterocycles. The van der Waals surface area contributed by atoms with E-state index in [-0.39, 0.29) is 23.4 Å². The van der Waals surface area contributed by atoms with Crippen molar-refractivity contribution in [1.29, 1.82) is 0 Å². The summed E-state index contributed by atoms with van der Waals surface area (Å²) >= 11 is 1.14. The van der Waals surface area contributed by atoms with Crippen LogP contribution in [0.2, 0.25) is 0 Å². The van der Waals surface area contributed by atoms with Crippen molar-refractivity contribution in [1.82, 2.24) is 20.1 Å². The molecule has 11 nitrogen and oxygen atoms in total. The van der Waals surface area contributed by atoms with Gasteiger partial charge in [0, 0.05) is 28.7 Å². The summed E-state index contributed by atoms with van der Waals surface area (Å²) in [5, 5.41) is 3.33. The number of benzene rings is 1. The number of likely N-dealkylation sites (tertiary alicyclic amines) is 1. The lowest BCUT2D eigenvalue weighted by Crippen LogP contribution is -2.65. The minimum absolute atomic E-state index is 0.0586. The van der Waals surface area contributed by atoms with Gasteiger partial charge in [-0.2, -0.15) is 0 Å². The van der Waals surface area contributed by atoms with Crippen molar-refractivity contribution in [2.45, 2.75) is 68.4 Å². The van der Waals surface area contributed by atoms with Crippen LogP contribution in [0.5, 0.6) is 0 Å². The molecule has 3 saturated heterocycles. The van der Waals surface area contributed by atoms with Gasteiger partial charge in [0.05, 0.1) is 24.6 Å². The molecule has 1 aromatic carbocycles. The molecule has 0 bridgehead atoms. The average molecular weight is 629 g/mol. The predicted octanol–water partition coefficient (Wildman–Crippen LogP) is 3.35. The van der Waals surface area contributed by atoms with Gasteiger partial charge in [-0.1, -0.05) is 6.07 Å². The Hall–Kier alpha value is -3.22. The summed E-state index contributed by atoms with van der Waals surface area (Å²) in [4.78, 5) is 67.1.